The molecule has 1 aromatic carbocycles. The molecule has 0 N–H and O–H groups in total. The number of unbranched alkanes of at least 4 members (excludes halogenated alkanes) is 1. The van der Waals surface area contributed by atoms with Gasteiger partial charge in [0.2, 0.25) is 0 Å². The number of hydrogen-bond acceptors (Lipinski definition) is 0. The Morgan fingerprint density at radius 3 is 1.84 bits per heavy atom. The molecular weight excluding hydrogens is 372 g/mol. The Morgan fingerprint density at radius 1 is 0.710 bits per heavy atom. The third kappa shape index (κ3) is 6.72. The molecule has 3 fully saturated rings. The van der Waals surface area contributed by atoms with Gasteiger partial charge in [0.1, 0.15) is 0 Å². The molecule has 0 bridgehead atoms. The molecule has 4 rings (SSSR count). The Hall–Kier alpha value is -1.04. The molecule has 0 aromatic heterocycles. The number of benzene rings is 1. The van der Waals surface area contributed by atoms with Crippen molar-refractivity contribution in [3.63, 3.8) is 0 Å². The van der Waals surface area contributed by atoms with Crippen molar-refractivity contribution in [3.8, 4) is 0 Å². The number of rotatable bonds is 9. The second-order valence-corrected chi connectivity index (χ2v) is 11.3. The van der Waals surface area contributed by atoms with Gasteiger partial charge in [0.15, 0.2) is 0 Å². The molecule has 0 unspecified atom stereocenters. The van der Waals surface area contributed by atoms with Crippen LogP contribution in [0.2, 0.25) is 0 Å². The summed E-state index contributed by atoms with van der Waals surface area (Å²) in [5.74, 6) is 4.73. The van der Waals surface area contributed by atoms with E-state index >= 15 is 0 Å². The fraction of sp³-hybridized carbons (Fsp3) is 0.742. The second-order valence-electron chi connectivity index (χ2n) is 11.3. The standard InChI is InChI=1S/C31H48/c1-2-25-17-21-27(22-18-25)28-23-19-26(20-24-28)11-9-10-16-31(29-12-5-3-6-13-29)30-14-7-4-8-15-30/h2,19-20,23-25,27,29-31H,1,3-18,21-22H2. The molecule has 172 valence electrons. The SMILES string of the molecule is C=CC1CCC(c2ccc(CCCCC(C3CCCCC3)C3CCCCC3)cc2)CC1. The molecule has 31 heavy (non-hydrogen) atoms. The Labute approximate surface area is 193 Å². The molecule has 0 spiro atoms. The van der Waals surface area contributed by atoms with E-state index < -0.39 is 0 Å². The van der Waals surface area contributed by atoms with Gasteiger partial charge in [0.25, 0.3) is 0 Å². The predicted octanol–water partition coefficient (Wildman–Crippen LogP) is 9.64. The third-order valence-corrected chi connectivity index (χ3v) is 9.32. The minimum atomic E-state index is 0.765. The van der Waals surface area contributed by atoms with Gasteiger partial charge in [0.05, 0.1) is 0 Å². The fourth-order valence-corrected chi connectivity index (χ4v) is 7.33. The van der Waals surface area contributed by atoms with Gasteiger partial charge < -0.3 is 0 Å². The van der Waals surface area contributed by atoms with Gasteiger partial charge in [-0.2, -0.15) is 0 Å². The zero-order valence-electron chi connectivity index (χ0n) is 20.2. The second kappa shape index (κ2) is 12.3. The van der Waals surface area contributed by atoms with Gasteiger partial charge in [-0.1, -0.05) is 101 Å². The fourth-order valence-electron chi connectivity index (χ4n) is 7.33. The van der Waals surface area contributed by atoms with Crippen LogP contribution in [0.5, 0.6) is 0 Å². The first-order valence-electron chi connectivity index (χ1n) is 14.0. The van der Waals surface area contributed by atoms with Crippen molar-refractivity contribution in [2.45, 2.75) is 121 Å². The van der Waals surface area contributed by atoms with Crippen LogP contribution in [0.15, 0.2) is 36.9 Å². The van der Waals surface area contributed by atoms with E-state index in [1.54, 1.807) is 11.1 Å². The summed E-state index contributed by atoms with van der Waals surface area (Å²) in [6.45, 7) is 3.99. The monoisotopic (exact) mass is 420 g/mol. The van der Waals surface area contributed by atoms with E-state index in [4.69, 9.17) is 0 Å². The van der Waals surface area contributed by atoms with E-state index in [0.717, 1.165) is 29.6 Å². The highest BCUT2D eigenvalue weighted by Gasteiger charge is 2.30. The quantitative estimate of drug-likeness (QED) is 0.275. The summed E-state index contributed by atoms with van der Waals surface area (Å²) in [6, 6.07) is 9.77. The van der Waals surface area contributed by atoms with Crippen molar-refractivity contribution in [1.29, 1.82) is 0 Å². The minimum Gasteiger partial charge on any atom is -0.103 e. The smallest absolute Gasteiger partial charge is 0.0162 e. The van der Waals surface area contributed by atoms with E-state index in [2.05, 4.69) is 36.9 Å². The molecule has 3 aliphatic rings. The van der Waals surface area contributed by atoms with Crippen molar-refractivity contribution in [2.24, 2.45) is 23.7 Å². The van der Waals surface area contributed by atoms with Crippen LogP contribution in [-0.4, -0.2) is 0 Å². The molecule has 0 saturated heterocycles. The van der Waals surface area contributed by atoms with E-state index in [1.807, 2.05) is 0 Å². The van der Waals surface area contributed by atoms with Crippen LogP contribution in [0, 0.1) is 23.7 Å². The van der Waals surface area contributed by atoms with Crippen LogP contribution in [-0.2, 0) is 6.42 Å². The van der Waals surface area contributed by atoms with Gasteiger partial charge in [-0.3, -0.25) is 0 Å². The Morgan fingerprint density at radius 2 is 1.29 bits per heavy atom. The lowest BCUT2D eigenvalue weighted by Crippen LogP contribution is -2.27. The molecule has 0 radical (unpaired) electrons. The van der Waals surface area contributed by atoms with Crippen LogP contribution in [0.25, 0.3) is 0 Å². The molecule has 3 saturated carbocycles. The average Bonchev–Trinajstić information content (AvgIpc) is 2.85. The molecule has 0 atom stereocenters. The van der Waals surface area contributed by atoms with Crippen LogP contribution < -0.4 is 0 Å². The van der Waals surface area contributed by atoms with Gasteiger partial charge in [-0.25, -0.2) is 0 Å². The maximum Gasteiger partial charge on any atom is -0.0162 e. The highest BCUT2D eigenvalue weighted by atomic mass is 14.4. The summed E-state index contributed by atoms with van der Waals surface area (Å²) in [4.78, 5) is 0. The van der Waals surface area contributed by atoms with Crippen molar-refractivity contribution in [3.05, 3.63) is 48.0 Å². The van der Waals surface area contributed by atoms with Crippen molar-refractivity contribution in [1.82, 2.24) is 0 Å². The Bertz CT molecular complexity index is 603. The molecule has 0 heteroatoms. The van der Waals surface area contributed by atoms with Crippen LogP contribution >= 0.6 is 0 Å². The summed E-state index contributed by atoms with van der Waals surface area (Å²) >= 11 is 0. The van der Waals surface area contributed by atoms with E-state index in [0.29, 0.717) is 0 Å². The normalized spacial score (nSPS) is 26.2. The van der Waals surface area contributed by atoms with E-state index in [1.165, 1.54) is 116 Å². The Kier molecular flexibility index (Phi) is 9.15. The predicted molar refractivity (Wildman–Crippen MR) is 136 cm³/mol. The lowest BCUT2D eigenvalue weighted by atomic mass is 9.68. The van der Waals surface area contributed by atoms with E-state index in [9.17, 15) is 0 Å². The van der Waals surface area contributed by atoms with Gasteiger partial charge in [-0.05, 0) is 85.7 Å². The molecule has 0 amide bonds. The summed E-state index contributed by atoms with van der Waals surface area (Å²) in [5.41, 5.74) is 3.15. The van der Waals surface area contributed by atoms with Gasteiger partial charge >= 0.3 is 0 Å². The molecule has 0 heterocycles. The summed E-state index contributed by atoms with van der Waals surface area (Å²) in [7, 11) is 0. The highest BCUT2D eigenvalue weighted by molar-refractivity contribution is 5.26. The zero-order chi connectivity index (χ0) is 21.3. The zero-order valence-corrected chi connectivity index (χ0v) is 20.2. The molecule has 0 aliphatic heterocycles. The summed E-state index contributed by atoms with van der Waals surface area (Å²) in [5, 5.41) is 0. The van der Waals surface area contributed by atoms with Crippen LogP contribution in [0.1, 0.15) is 126 Å². The first-order valence-corrected chi connectivity index (χ1v) is 14.0. The number of hydrogen-bond donors (Lipinski definition) is 0. The van der Waals surface area contributed by atoms with Crippen LogP contribution in [0.3, 0.4) is 0 Å². The lowest BCUT2D eigenvalue weighted by molar-refractivity contribution is 0.132. The van der Waals surface area contributed by atoms with Crippen LogP contribution in [0.4, 0.5) is 0 Å². The highest BCUT2D eigenvalue weighted by Crippen LogP contribution is 2.42. The average molecular weight is 421 g/mol. The topological polar surface area (TPSA) is 0 Å². The first kappa shape index (κ1) is 23.1. The lowest BCUT2D eigenvalue weighted by Gasteiger charge is -2.38. The van der Waals surface area contributed by atoms with Gasteiger partial charge in [-0.15, -0.1) is 6.58 Å². The maximum absolute atomic E-state index is 3.99. The summed E-state index contributed by atoms with van der Waals surface area (Å²) in [6.07, 6.45) is 28.4. The Balaban J connectivity index is 1.22. The first-order chi connectivity index (χ1) is 15.3. The molecule has 0 nitrogen and oxygen atoms in total. The minimum absolute atomic E-state index is 0.765. The molecular formula is C31H48. The number of allylic oxidation sites excluding steroid dienone is 1. The number of aryl methyl sites for hydroxylation is 1. The maximum atomic E-state index is 3.99. The van der Waals surface area contributed by atoms with Crippen molar-refractivity contribution in [2.75, 3.05) is 0 Å². The van der Waals surface area contributed by atoms with Crippen molar-refractivity contribution >= 4 is 0 Å². The molecule has 3 aliphatic carbocycles. The third-order valence-electron chi connectivity index (χ3n) is 9.32. The molecule has 1 aromatic rings. The van der Waals surface area contributed by atoms with E-state index in [-0.39, 0.29) is 0 Å². The largest absolute Gasteiger partial charge is 0.103 e. The van der Waals surface area contributed by atoms with Crippen molar-refractivity contribution < 1.29 is 0 Å². The summed E-state index contributed by atoms with van der Waals surface area (Å²) < 4.78 is 0. The van der Waals surface area contributed by atoms with Gasteiger partial charge in [0, 0.05) is 0 Å².